The first-order valence-corrected chi connectivity index (χ1v) is 6.23. The van der Waals surface area contributed by atoms with E-state index in [1.54, 1.807) is 29.9 Å². The summed E-state index contributed by atoms with van der Waals surface area (Å²) in [5.74, 6) is -0.354. The third kappa shape index (κ3) is 2.59. The number of rotatable bonds is 3. The second-order valence-corrected chi connectivity index (χ2v) is 4.50. The Kier molecular flexibility index (Phi) is 3.76. The lowest BCUT2D eigenvalue weighted by atomic mass is 10.2. The van der Waals surface area contributed by atoms with E-state index >= 15 is 0 Å². The molecule has 0 amide bonds. The highest BCUT2D eigenvalue weighted by molar-refractivity contribution is 9.10. The summed E-state index contributed by atoms with van der Waals surface area (Å²) in [5, 5.41) is 4.28. The average Bonchev–Trinajstić information content (AvgIpc) is 2.69. The number of halogens is 1. The molecule has 2 aromatic heterocycles. The highest BCUT2D eigenvalue weighted by Gasteiger charge is 2.13. The highest BCUT2D eigenvalue weighted by Crippen LogP contribution is 2.25. The molecule has 2 aromatic rings. The van der Waals surface area contributed by atoms with E-state index in [0.717, 1.165) is 4.47 Å². The lowest BCUT2D eigenvalue weighted by Gasteiger charge is -2.03. The van der Waals surface area contributed by atoms with E-state index < -0.39 is 0 Å². The second kappa shape index (κ2) is 5.30. The largest absolute Gasteiger partial charge is 0.462 e. The van der Waals surface area contributed by atoms with Gasteiger partial charge in [0, 0.05) is 19.4 Å². The van der Waals surface area contributed by atoms with E-state index in [2.05, 4.69) is 26.0 Å². The standard InChI is InChI=1S/C12H12BrN3O2/c1-3-18-12(17)8-4-5-14-10(6-8)11-9(13)7-16(2)15-11/h4-7H,3H2,1-2H3. The molecule has 0 bridgehead atoms. The Hall–Kier alpha value is -1.69. The summed E-state index contributed by atoms with van der Waals surface area (Å²) in [6, 6.07) is 3.30. The Morgan fingerprint density at radius 1 is 1.56 bits per heavy atom. The molecule has 0 saturated carbocycles. The van der Waals surface area contributed by atoms with E-state index in [9.17, 15) is 4.79 Å². The van der Waals surface area contributed by atoms with Gasteiger partial charge in [-0.15, -0.1) is 0 Å². The van der Waals surface area contributed by atoms with Crippen molar-refractivity contribution in [3.05, 3.63) is 34.6 Å². The molecule has 0 saturated heterocycles. The lowest BCUT2D eigenvalue weighted by Crippen LogP contribution is -2.05. The van der Waals surface area contributed by atoms with E-state index in [1.807, 2.05) is 13.2 Å². The molecule has 6 heteroatoms. The van der Waals surface area contributed by atoms with E-state index in [-0.39, 0.29) is 5.97 Å². The Morgan fingerprint density at radius 3 is 2.94 bits per heavy atom. The van der Waals surface area contributed by atoms with Crippen LogP contribution in [0.1, 0.15) is 17.3 Å². The summed E-state index contributed by atoms with van der Waals surface area (Å²) in [5.41, 5.74) is 1.80. The molecule has 0 atom stereocenters. The SMILES string of the molecule is CCOC(=O)c1ccnc(-c2nn(C)cc2Br)c1. The third-order valence-corrected chi connectivity index (χ3v) is 2.88. The predicted molar refractivity (Wildman–Crippen MR) is 70.1 cm³/mol. The summed E-state index contributed by atoms with van der Waals surface area (Å²) < 4.78 is 7.46. The minimum atomic E-state index is -0.354. The molecule has 0 N–H and O–H groups in total. The van der Waals surface area contributed by atoms with Crippen LogP contribution in [0.4, 0.5) is 0 Å². The maximum atomic E-state index is 11.6. The first kappa shape index (κ1) is 12.8. The van der Waals surface area contributed by atoms with Crippen LogP contribution in [0.2, 0.25) is 0 Å². The van der Waals surface area contributed by atoms with Crippen molar-refractivity contribution in [3.63, 3.8) is 0 Å². The molecule has 5 nitrogen and oxygen atoms in total. The molecule has 0 spiro atoms. The fourth-order valence-corrected chi connectivity index (χ4v) is 2.11. The number of ether oxygens (including phenoxy) is 1. The van der Waals surface area contributed by atoms with Crippen LogP contribution in [0.3, 0.4) is 0 Å². The second-order valence-electron chi connectivity index (χ2n) is 3.65. The van der Waals surface area contributed by atoms with Gasteiger partial charge >= 0.3 is 5.97 Å². The van der Waals surface area contributed by atoms with Gasteiger partial charge in [-0.3, -0.25) is 9.67 Å². The molecular weight excluding hydrogens is 298 g/mol. The molecule has 2 rings (SSSR count). The van der Waals surface area contributed by atoms with Crippen LogP contribution >= 0.6 is 15.9 Å². The zero-order chi connectivity index (χ0) is 13.1. The number of aromatic nitrogens is 3. The Bertz CT molecular complexity index is 580. The van der Waals surface area contributed by atoms with Crippen molar-refractivity contribution < 1.29 is 9.53 Å². The van der Waals surface area contributed by atoms with Gasteiger partial charge in [0.1, 0.15) is 5.69 Å². The van der Waals surface area contributed by atoms with Crippen molar-refractivity contribution in [1.82, 2.24) is 14.8 Å². The number of carbonyl (C=O) groups excluding carboxylic acids is 1. The fraction of sp³-hybridized carbons (Fsp3) is 0.250. The molecule has 0 unspecified atom stereocenters. The maximum absolute atomic E-state index is 11.6. The summed E-state index contributed by atoms with van der Waals surface area (Å²) in [6.07, 6.45) is 3.40. The van der Waals surface area contributed by atoms with Crippen LogP contribution < -0.4 is 0 Å². The number of hydrogen-bond donors (Lipinski definition) is 0. The number of nitrogens with zero attached hydrogens (tertiary/aromatic N) is 3. The third-order valence-electron chi connectivity index (χ3n) is 2.30. The van der Waals surface area contributed by atoms with Crippen LogP contribution in [0.25, 0.3) is 11.4 Å². The monoisotopic (exact) mass is 309 g/mol. The minimum absolute atomic E-state index is 0.351. The zero-order valence-electron chi connectivity index (χ0n) is 10.1. The van der Waals surface area contributed by atoms with Gasteiger partial charge in [0.25, 0.3) is 0 Å². The van der Waals surface area contributed by atoms with Gasteiger partial charge in [-0.1, -0.05) is 0 Å². The maximum Gasteiger partial charge on any atom is 0.338 e. The number of hydrogen-bond acceptors (Lipinski definition) is 4. The minimum Gasteiger partial charge on any atom is -0.462 e. The lowest BCUT2D eigenvalue weighted by molar-refractivity contribution is 0.0526. The number of carbonyl (C=O) groups is 1. The van der Waals surface area contributed by atoms with Gasteiger partial charge in [-0.25, -0.2) is 4.79 Å². The van der Waals surface area contributed by atoms with Gasteiger partial charge in [0.2, 0.25) is 0 Å². The topological polar surface area (TPSA) is 57.0 Å². The van der Waals surface area contributed by atoms with Gasteiger partial charge in [0.05, 0.1) is 22.3 Å². The molecule has 0 aliphatic heterocycles. The van der Waals surface area contributed by atoms with Crippen LogP contribution in [-0.2, 0) is 11.8 Å². The molecule has 18 heavy (non-hydrogen) atoms. The molecule has 2 heterocycles. The quantitative estimate of drug-likeness (QED) is 0.817. The summed E-state index contributed by atoms with van der Waals surface area (Å²) in [6.45, 7) is 2.12. The predicted octanol–water partition coefficient (Wildman–Crippen LogP) is 2.42. The van der Waals surface area contributed by atoms with Crippen LogP contribution in [0, 0.1) is 0 Å². The van der Waals surface area contributed by atoms with Gasteiger partial charge in [-0.2, -0.15) is 5.10 Å². The van der Waals surface area contributed by atoms with E-state index in [1.165, 1.54) is 0 Å². The van der Waals surface area contributed by atoms with Crippen LogP contribution in [0.5, 0.6) is 0 Å². The average molecular weight is 310 g/mol. The summed E-state index contributed by atoms with van der Waals surface area (Å²) >= 11 is 3.41. The number of pyridine rings is 1. The van der Waals surface area contributed by atoms with Gasteiger partial charge < -0.3 is 4.74 Å². The van der Waals surface area contributed by atoms with E-state index in [0.29, 0.717) is 23.6 Å². The van der Waals surface area contributed by atoms with Crippen molar-refractivity contribution in [2.75, 3.05) is 6.61 Å². The highest BCUT2D eigenvalue weighted by atomic mass is 79.9. The van der Waals surface area contributed by atoms with Crippen molar-refractivity contribution in [3.8, 4) is 11.4 Å². The smallest absolute Gasteiger partial charge is 0.338 e. The molecule has 94 valence electrons. The number of aryl methyl sites for hydroxylation is 1. The molecule has 0 aliphatic carbocycles. The molecule has 0 aliphatic rings. The Morgan fingerprint density at radius 2 is 2.33 bits per heavy atom. The first-order chi connectivity index (χ1) is 8.61. The van der Waals surface area contributed by atoms with Crippen molar-refractivity contribution >= 4 is 21.9 Å². The zero-order valence-corrected chi connectivity index (χ0v) is 11.6. The van der Waals surface area contributed by atoms with Crippen molar-refractivity contribution in [2.24, 2.45) is 7.05 Å². The molecule has 0 fully saturated rings. The summed E-state index contributed by atoms with van der Waals surface area (Å²) in [7, 11) is 1.82. The van der Waals surface area contributed by atoms with Gasteiger partial charge in [-0.05, 0) is 35.0 Å². The Labute approximate surface area is 113 Å². The molecular formula is C12H12BrN3O2. The van der Waals surface area contributed by atoms with Crippen LogP contribution in [0.15, 0.2) is 29.0 Å². The summed E-state index contributed by atoms with van der Waals surface area (Å²) in [4.78, 5) is 15.8. The van der Waals surface area contributed by atoms with E-state index in [4.69, 9.17) is 4.74 Å². The first-order valence-electron chi connectivity index (χ1n) is 5.44. The molecule has 0 aromatic carbocycles. The van der Waals surface area contributed by atoms with Crippen molar-refractivity contribution in [2.45, 2.75) is 6.92 Å². The Balaban J connectivity index is 2.38. The van der Waals surface area contributed by atoms with Crippen molar-refractivity contribution in [1.29, 1.82) is 0 Å². The number of esters is 1. The van der Waals surface area contributed by atoms with Crippen LogP contribution in [-0.4, -0.2) is 27.3 Å². The molecule has 0 radical (unpaired) electrons. The normalized spacial score (nSPS) is 10.4. The fourth-order valence-electron chi connectivity index (χ4n) is 1.53. The van der Waals surface area contributed by atoms with Gasteiger partial charge in [0.15, 0.2) is 0 Å².